The van der Waals surface area contributed by atoms with Crippen LogP contribution in [0.3, 0.4) is 0 Å². The van der Waals surface area contributed by atoms with Crippen molar-refractivity contribution in [3.8, 4) is 0 Å². The summed E-state index contributed by atoms with van der Waals surface area (Å²) in [7, 11) is 0. The first kappa shape index (κ1) is 22.5. The summed E-state index contributed by atoms with van der Waals surface area (Å²) in [5.74, 6) is 0.277. The predicted octanol–water partition coefficient (Wildman–Crippen LogP) is 3.52. The topological polar surface area (TPSA) is 70.2 Å². The second-order valence-electron chi connectivity index (χ2n) is 7.92. The molecule has 1 heterocycles. The number of halogens is 1. The Morgan fingerprint density at radius 2 is 1.88 bits per heavy atom. The number of hydrogen-bond donors (Lipinski definition) is 3. The third kappa shape index (κ3) is 6.61. The number of piperidine rings is 1. The molecule has 3 N–H and O–H groups in total. The number of aryl methyl sites for hydroxylation is 1. The van der Waals surface area contributed by atoms with Crippen LogP contribution in [0.15, 0.2) is 18.2 Å². The summed E-state index contributed by atoms with van der Waals surface area (Å²) < 4.78 is 0. The fraction of sp³-hybridized carbons (Fsp3) is 0.600. The molecule has 26 heavy (non-hydrogen) atoms. The number of anilines is 1. The molecule has 146 valence electrons. The zero-order chi connectivity index (χ0) is 18.4. The molecular formula is C20H32ClN3O2. The van der Waals surface area contributed by atoms with Gasteiger partial charge in [0.2, 0.25) is 5.91 Å². The molecule has 0 atom stereocenters. The molecule has 1 aliphatic rings. The molecule has 0 saturated carbocycles. The van der Waals surface area contributed by atoms with Gasteiger partial charge in [0.15, 0.2) is 0 Å². The minimum atomic E-state index is -0.0529. The molecule has 0 aromatic heterocycles. The maximum absolute atomic E-state index is 12.4. The monoisotopic (exact) mass is 381 g/mol. The van der Waals surface area contributed by atoms with E-state index in [1.807, 2.05) is 32.9 Å². The van der Waals surface area contributed by atoms with Crippen molar-refractivity contribution < 1.29 is 9.59 Å². The van der Waals surface area contributed by atoms with Crippen LogP contribution in [-0.4, -0.2) is 31.4 Å². The number of hydrogen-bond acceptors (Lipinski definition) is 3. The highest BCUT2D eigenvalue weighted by molar-refractivity contribution is 5.96. The molecule has 1 aliphatic heterocycles. The lowest BCUT2D eigenvalue weighted by Crippen LogP contribution is -2.42. The third-order valence-electron chi connectivity index (χ3n) is 4.84. The molecular weight excluding hydrogens is 350 g/mol. The van der Waals surface area contributed by atoms with Gasteiger partial charge in [-0.1, -0.05) is 20.8 Å². The average Bonchev–Trinajstić information content (AvgIpc) is 2.54. The van der Waals surface area contributed by atoms with Gasteiger partial charge in [-0.25, -0.2) is 0 Å². The van der Waals surface area contributed by atoms with Crippen molar-refractivity contribution in [2.45, 2.75) is 47.0 Å². The zero-order valence-corrected chi connectivity index (χ0v) is 17.1. The Hall–Kier alpha value is -1.59. The van der Waals surface area contributed by atoms with E-state index in [0.717, 1.165) is 37.2 Å². The fourth-order valence-electron chi connectivity index (χ4n) is 3.12. The third-order valence-corrected chi connectivity index (χ3v) is 4.84. The van der Waals surface area contributed by atoms with Crippen molar-refractivity contribution >= 4 is 29.9 Å². The molecule has 0 radical (unpaired) electrons. The van der Waals surface area contributed by atoms with Gasteiger partial charge in [-0.15, -0.1) is 12.4 Å². The molecule has 2 amide bonds. The number of rotatable bonds is 6. The van der Waals surface area contributed by atoms with Crippen LogP contribution < -0.4 is 16.0 Å². The number of benzene rings is 1. The van der Waals surface area contributed by atoms with E-state index in [2.05, 4.69) is 22.9 Å². The SMILES string of the molecule is Cc1cc(C(=O)NCC2(C)CCNCC2)ccc1NC(=O)CC(C)C.Cl. The molecule has 1 fully saturated rings. The van der Waals surface area contributed by atoms with E-state index >= 15 is 0 Å². The van der Waals surface area contributed by atoms with Crippen LogP contribution in [0, 0.1) is 18.3 Å². The van der Waals surface area contributed by atoms with E-state index < -0.39 is 0 Å². The van der Waals surface area contributed by atoms with E-state index in [1.165, 1.54) is 0 Å². The Labute approximate surface area is 163 Å². The number of carbonyl (C=O) groups is 2. The smallest absolute Gasteiger partial charge is 0.251 e. The minimum Gasteiger partial charge on any atom is -0.351 e. The lowest BCUT2D eigenvalue weighted by molar-refractivity contribution is -0.116. The van der Waals surface area contributed by atoms with E-state index in [0.29, 0.717) is 24.4 Å². The van der Waals surface area contributed by atoms with E-state index in [9.17, 15) is 9.59 Å². The summed E-state index contributed by atoms with van der Waals surface area (Å²) in [6.45, 7) is 10.9. The lowest BCUT2D eigenvalue weighted by atomic mass is 9.81. The maximum atomic E-state index is 12.4. The van der Waals surface area contributed by atoms with E-state index in [4.69, 9.17) is 0 Å². The standard InChI is InChI=1S/C20H31N3O2.ClH/c1-14(2)11-18(24)23-17-6-5-16(12-15(17)3)19(25)22-13-20(4)7-9-21-10-8-20;/h5-6,12,14,21H,7-11,13H2,1-4H3,(H,22,25)(H,23,24);1H. The Morgan fingerprint density at radius 3 is 2.46 bits per heavy atom. The summed E-state index contributed by atoms with van der Waals surface area (Å²) in [5.41, 5.74) is 2.48. The average molecular weight is 382 g/mol. The van der Waals surface area contributed by atoms with Gasteiger partial charge < -0.3 is 16.0 Å². The van der Waals surface area contributed by atoms with E-state index in [-0.39, 0.29) is 29.6 Å². The van der Waals surface area contributed by atoms with Crippen molar-refractivity contribution in [1.82, 2.24) is 10.6 Å². The quantitative estimate of drug-likeness (QED) is 0.706. The molecule has 5 nitrogen and oxygen atoms in total. The summed E-state index contributed by atoms with van der Waals surface area (Å²) >= 11 is 0. The predicted molar refractivity (Wildman–Crippen MR) is 109 cm³/mol. The summed E-state index contributed by atoms with van der Waals surface area (Å²) in [5, 5.41) is 9.34. The second kappa shape index (κ2) is 9.93. The first-order valence-electron chi connectivity index (χ1n) is 9.18. The number of carbonyl (C=O) groups excluding carboxylic acids is 2. The van der Waals surface area contributed by atoms with Crippen LogP contribution >= 0.6 is 12.4 Å². The fourth-order valence-corrected chi connectivity index (χ4v) is 3.12. The molecule has 0 spiro atoms. The lowest BCUT2D eigenvalue weighted by Gasteiger charge is -2.34. The largest absolute Gasteiger partial charge is 0.351 e. The zero-order valence-electron chi connectivity index (χ0n) is 16.3. The molecule has 2 rings (SSSR count). The van der Waals surface area contributed by atoms with Crippen molar-refractivity contribution in [3.05, 3.63) is 29.3 Å². The first-order valence-corrected chi connectivity index (χ1v) is 9.18. The van der Waals surface area contributed by atoms with E-state index in [1.54, 1.807) is 6.07 Å². The first-order chi connectivity index (χ1) is 11.8. The molecule has 1 aromatic rings. The van der Waals surface area contributed by atoms with Gasteiger partial charge in [-0.3, -0.25) is 9.59 Å². The van der Waals surface area contributed by atoms with Gasteiger partial charge in [-0.05, 0) is 68.0 Å². The highest BCUT2D eigenvalue weighted by Gasteiger charge is 2.27. The Balaban J connectivity index is 0.00000338. The number of nitrogens with one attached hydrogen (secondary N) is 3. The Kier molecular flexibility index (Phi) is 8.57. The van der Waals surface area contributed by atoms with Gasteiger partial charge >= 0.3 is 0 Å². The van der Waals surface area contributed by atoms with Gasteiger partial charge in [0, 0.05) is 24.2 Å². The normalized spacial score (nSPS) is 15.9. The Bertz CT molecular complexity index is 625. The van der Waals surface area contributed by atoms with Crippen LogP contribution in [0.1, 0.15) is 56.0 Å². The molecule has 1 aromatic carbocycles. The van der Waals surface area contributed by atoms with Crippen LogP contribution in [0.2, 0.25) is 0 Å². The second-order valence-corrected chi connectivity index (χ2v) is 7.92. The highest BCUT2D eigenvalue weighted by Crippen LogP contribution is 2.27. The van der Waals surface area contributed by atoms with Crippen molar-refractivity contribution in [3.63, 3.8) is 0 Å². The van der Waals surface area contributed by atoms with Crippen LogP contribution in [0.4, 0.5) is 5.69 Å². The van der Waals surface area contributed by atoms with Crippen molar-refractivity contribution in [2.24, 2.45) is 11.3 Å². The summed E-state index contributed by atoms with van der Waals surface area (Å²) in [4.78, 5) is 24.4. The molecule has 0 aliphatic carbocycles. The maximum Gasteiger partial charge on any atom is 0.251 e. The van der Waals surface area contributed by atoms with Gasteiger partial charge in [0.25, 0.3) is 5.91 Å². The molecule has 0 bridgehead atoms. The minimum absolute atomic E-state index is 0. The van der Waals surface area contributed by atoms with Gasteiger partial charge in [0.05, 0.1) is 0 Å². The summed E-state index contributed by atoms with van der Waals surface area (Å²) in [6.07, 6.45) is 2.65. The highest BCUT2D eigenvalue weighted by atomic mass is 35.5. The van der Waals surface area contributed by atoms with Crippen molar-refractivity contribution in [2.75, 3.05) is 25.0 Å². The molecule has 1 saturated heterocycles. The molecule has 6 heteroatoms. The van der Waals surface area contributed by atoms with Gasteiger partial charge in [0.1, 0.15) is 0 Å². The van der Waals surface area contributed by atoms with Crippen LogP contribution in [-0.2, 0) is 4.79 Å². The molecule has 0 unspecified atom stereocenters. The Morgan fingerprint density at radius 1 is 1.23 bits per heavy atom. The summed E-state index contributed by atoms with van der Waals surface area (Å²) in [6, 6.07) is 5.43. The van der Waals surface area contributed by atoms with Gasteiger partial charge in [-0.2, -0.15) is 0 Å². The van der Waals surface area contributed by atoms with Crippen molar-refractivity contribution in [1.29, 1.82) is 0 Å². The van der Waals surface area contributed by atoms with Crippen LogP contribution in [0.5, 0.6) is 0 Å². The van der Waals surface area contributed by atoms with Crippen LogP contribution in [0.25, 0.3) is 0 Å². The number of amides is 2.